The van der Waals surface area contributed by atoms with Crippen molar-refractivity contribution in [2.45, 2.75) is 19.0 Å². The summed E-state index contributed by atoms with van der Waals surface area (Å²) in [4.78, 5) is 14.7. The number of hydrogen-bond donors (Lipinski definition) is 2. The molecule has 0 spiro atoms. The van der Waals surface area contributed by atoms with E-state index in [4.69, 9.17) is 9.47 Å². The van der Waals surface area contributed by atoms with Crippen LogP contribution in [0.1, 0.15) is 11.1 Å². The summed E-state index contributed by atoms with van der Waals surface area (Å²) in [5.74, 6) is 0.633. The van der Waals surface area contributed by atoms with E-state index in [9.17, 15) is 4.79 Å². The molecule has 2 N–H and O–H groups in total. The van der Waals surface area contributed by atoms with Crippen LogP contribution in [0.4, 0.5) is 10.5 Å². The Morgan fingerprint density at radius 3 is 2.67 bits per heavy atom. The Bertz CT molecular complexity index is 766. The highest BCUT2D eigenvalue weighted by atomic mass is 16.5. The Morgan fingerprint density at radius 2 is 1.85 bits per heavy atom. The maximum atomic E-state index is 12.4. The average Bonchev–Trinajstić information content (AvgIpc) is 2.68. The van der Waals surface area contributed by atoms with Crippen molar-refractivity contribution >= 4 is 11.7 Å². The molecule has 0 aliphatic carbocycles. The van der Waals surface area contributed by atoms with Gasteiger partial charge in [-0.05, 0) is 36.7 Å². The monoisotopic (exact) mass is 369 g/mol. The molecule has 3 rings (SSSR count). The summed E-state index contributed by atoms with van der Waals surface area (Å²) in [5, 5.41) is 5.86. The number of nitrogens with one attached hydrogen (secondary N) is 2. The van der Waals surface area contributed by atoms with Crippen molar-refractivity contribution in [3.8, 4) is 5.75 Å². The molecule has 1 aliphatic heterocycles. The van der Waals surface area contributed by atoms with Gasteiger partial charge in [-0.1, -0.05) is 36.4 Å². The second-order valence-corrected chi connectivity index (χ2v) is 6.71. The molecule has 0 radical (unpaired) electrons. The van der Waals surface area contributed by atoms with E-state index < -0.39 is 0 Å². The molecule has 2 amide bonds. The minimum Gasteiger partial charge on any atom is -0.489 e. The first-order valence-electron chi connectivity index (χ1n) is 9.20. The minimum absolute atomic E-state index is 0.231. The van der Waals surface area contributed by atoms with Gasteiger partial charge in [0.05, 0.1) is 12.3 Å². The lowest BCUT2D eigenvalue weighted by Crippen LogP contribution is -2.46. The number of hydrogen-bond acceptors (Lipinski definition) is 4. The number of methoxy groups -OCH3 is 1. The highest BCUT2D eigenvalue weighted by Crippen LogP contribution is 2.24. The number of urea groups is 1. The van der Waals surface area contributed by atoms with E-state index in [-0.39, 0.29) is 12.1 Å². The van der Waals surface area contributed by atoms with Crippen LogP contribution in [0.5, 0.6) is 5.75 Å². The summed E-state index contributed by atoms with van der Waals surface area (Å²) in [7, 11) is 3.72. The molecule has 1 heterocycles. The number of ether oxygens (including phenoxy) is 2. The lowest BCUT2D eigenvalue weighted by atomic mass is 9.94. The topological polar surface area (TPSA) is 62.8 Å². The zero-order chi connectivity index (χ0) is 19.1. The van der Waals surface area contributed by atoms with Gasteiger partial charge in [-0.3, -0.25) is 4.90 Å². The van der Waals surface area contributed by atoms with Crippen LogP contribution in [-0.2, 0) is 17.7 Å². The van der Waals surface area contributed by atoms with Gasteiger partial charge in [0.1, 0.15) is 12.4 Å². The first kappa shape index (κ1) is 19.2. The largest absolute Gasteiger partial charge is 0.489 e. The van der Waals surface area contributed by atoms with Crippen molar-refractivity contribution < 1.29 is 14.3 Å². The summed E-state index contributed by atoms with van der Waals surface area (Å²) in [5.41, 5.74) is 3.37. The van der Waals surface area contributed by atoms with Crippen LogP contribution in [0.2, 0.25) is 0 Å². The Hall–Kier alpha value is -2.57. The Kier molecular flexibility index (Phi) is 6.68. The number of rotatable bonds is 7. The Labute approximate surface area is 160 Å². The van der Waals surface area contributed by atoms with Gasteiger partial charge in [0, 0.05) is 26.2 Å². The standard InChI is InChI=1S/C21H27N3O3/c1-24-15-17-8-4-3-7-16(17)13-18(24)14-22-21(25)23-19-9-5-6-10-20(19)27-12-11-26-2/h3-10,18H,11-15H2,1-2H3,(H2,22,23,25). The van der Waals surface area contributed by atoms with E-state index in [1.807, 2.05) is 24.3 Å². The molecule has 2 aromatic carbocycles. The molecule has 6 nitrogen and oxygen atoms in total. The summed E-state index contributed by atoms with van der Waals surface area (Å²) in [6, 6.07) is 15.9. The molecule has 144 valence electrons. The number of para-hydroxylation sites is 2. The number of amides is 2. The van der Waals surface area contributed by atoms with Gasteiger partial charge in [-0.15, -0.1) is 0 Å². The van der Waals surface area contributed by atoms with E-state index >= 15 is 0 Å². The lowest BCUT2D eigenvalue weighted by molar-refractivity contribution is 0.146. The number of fused-ring (bicyclic) bond motifs is 1. The van der Waals surface area contributed by atoms with E-state index in [0.717, 1.165) is 13.0 Å². The van der Waals surface area contributed by atoms with Crippen LogP contribution < -0.4 is 15.4 Å². The lowest BCUT2D eigenvalue weighted by Gasteiger charge is -2.34. The minimum atomic E-state index is -0.231. The van der Waals surface area contributed by atoms with Gasteiger partial charge in [-0.25, -0.2) is 4.79 Å². The summed E-state index contributed by atoms with van der Waals surface area (Å²) >= 11 is 0. The fraction of sp³-hybridized carbons (Fsp3) is 0.381. The Morgan fingerprint density at radius 1 is 1.11 bits per heavy atom. The second-order valence-electron chi connectivity index (χ2n) is 6.71. The molecule has 2 aromatic rings. The third-order valence-corrected chi connectivity index (χ3v) is 4.80. The fourth-order valence-corrected chi connectivity index (χ4v) is 3.25. The number of nitrogens with zero attached hydrogens (tertiary/aromatic N) is 1. The van der Waals surface area contributed by atoms with Crippen molar-refractivity contribution in [3.05, 3.63) is 59.7 Å². The van der Waals surface area contributed by atoms with Gasteiger partial charge < -0.3 is 20.1 Å². The third kappa shape index (κ3) is 5.21. The molecule has 0 saturated carbocycles. The zero-order valence-corrected chi connectivity index (χ0v) is 15.9. The van der Waals surface area contributed by atoms with Gasteiger partial charge >= 0.3 is 6.03 Å². The van der Waals surface area contributed by atoms with Crippen LogP contribution in [0.15, 0.2) is 48.5 Å². The van der Waals surface area contributed by atoms with E-state index in [0.29, 0.717) is 31.2 Å². The first-order valence-corrected chi connectivity index (χ1v) is 9.20. The first-order chi connectivity index (χ1) is 13.2. The predicted molar refractivity (Wildman–Crippen MR) is 106 cm³/mol. The predicted octanol–water partition coefficient (Wildman–Crippen LogP) is 2.89. The van der Waals surface area contributed by atoms with E-state index in [1.54, 1.807) is 7.11 Å². The third-order valence-electron chi connectivity index (χ3n) is 4.80. The quantitative estimate of drug-likeness (QED) is 0.737. The molecule has 1 aliphatic rings. The molecule has 0 bridgehead atoms. The molecular formula is C21H27N3O3. The molecule has 1 atom stereocenters. The van der Waals surface area contributed by atoms with Crippen LogP contribution in [0.3, 0.4) is 0 Å². The zero-order valence-electron chi connectivity index (χ0n) is 15.9. The van der Waals surface area contributed by atoms with E-state index in [2.05, 4.69) is 46.8 Å². The van der Waals surface area contributed by atoms with E-state index in [1.165, 1.54) is 11.1 Å². The average molecular weight is 369 g/mol. The van der Waals surface area contributed by atoms with Gasteiger partial charge in [0.15, 0.2) is 0 Å². The van der Waals surface area contributed by atoms with Crippen molar-refractivity contribution in [2.75, 3.05) is 39.2 Å². The number of likely N-dealkylation sites (N-methyl/N-ethyl adjacent to an activating group) is 1. The fourth-order valence-electron chi connectivity index (χ4n) is 3.25. The van der Waals surface area contributed by atoms with Crippen LogP contribution >= 0.6 is 0 Å². The number of anilines is 1. The van der Waals surface area contributed by atoms with Gasteiger partial charge in [0.2, 0.25) is 0 Å². The molecule has 27 heavy (non-hydrogen) atoms. The van der Waals surface area contributed by atoms with Crippen LogP contribution in [-0.4, -0.2) is 50.9 Å². The van der Waals surface area contributed by atoms with Gasteiger partial charge in [0.25, 0.3) is 0 Å². The maximum absolute atomic E-state index is 12.4. The molecule has 0 fully saturated rings. The van der Waals surface area contributed by atoms with Crippen molar-refractivity contribution in [3.63, 3.8) is 0 Å². The van der Waals surface area contributed by atoms with Crippen molar-refractivity contribution in [1.82, 2.24) is 10.2 Å². The van der Waals surface area contributed by atoms with Crippen molar-refractivity contribution in [2.24, 2.45) is 0 Å². The highest BCUT2D eigenvalue weighted by molar-refractivity contribution is 5.90. The highest BCUT2D eigenvalue weighted by Gasteiger charge is 2.23. The smallest absolute Gasteiger partial charge is 0.319 e. The summed E-state index contributed by atoms with van der Waals surface area (Å²) in [6.07, 6.45) is 0.934. The van der Waals surface area contributed by atoms with Crippen LogP contribution in [0, 0.1) is 0 Å². The molecule has 0 saturated heterocycles. The number of carbonyl (C=O) groups is 1. The summed E-state index contributed by atoms with van der Waals surface area (Å²) < 4.78 is 10.6. The number of benzene rings is 2. The number of carbonyl (C=O) groups excluding carboxylic acids is 1. The normalized spacial score (nSPS) is 16.4. The van der Waals surface area contributed by atoms with Gasteiger partial charge in [-0.2, -0.15) is 0 Å². The molecular weight excluding hydrogens is 342 g/mol. The molecule has 6 heteroatoms. The summed E-state index contributed by atoms with van der Waals surface area (Å²) in [6.45, 7) is 2.42. The van der Waals surface area contributed by atoms with Crippen LogP contribution in [0.25, 0.3) is 0 Å². The SMILES string of the molecule is COCCOc1ccccc1NC(=O)NCC1Cc2ccccc2CN1C. The Balaban J connectivity index is 1.53. The maximum Gasteiger partial charge on any atom is 0.319 e. The molecule has 0 aromatic heterocycles. The second kappa shape index (κ2) is 9.39. The van der Waals surface area contributed by atoms with Crippen molar-refractivity contribution in [1.29, 1.82) is 0 Å². The molecule has 1 unspecified atom stereocenters.